The molecule has 0 aromatic carbocycles. The summed E-state index contributed by atoms with van der Waals surface area (Å²) in [5, 5.41) is 8.89. The molecular formula is C21H43NO2. The number of carboxylic acid groups (broad SMARTS) is 1. The summed E-state index contributed by atoms with van der Waals surface area (Å²) >= 11 is 0. The van der Waals surface area contributed by atoms with Gasteiger partial charge in [-0.2, -0.15) is 0 Å². The maximum Gasteiger partial charge on any atom is 0.0801 e. The van der Waals surface area contributed by atoms with Crippen LogP contribution in [0.15, 0.2) is 0 Å². The van der Waals surface area contributed by atoms with Crippen molar-refractivity contribution in [2.45, 2.75) is 104 Å². The summed E-state index contributed by atoms with van der Waals surface area (Å²) in [6.07, 6.45) is 19.0. The van der Waals surface area contributed by atoms with E-state index in [0.717, 1.165) is 12.8 Å². The minimum absolute atomic E-state index is 0.972. The average Bonchev–Trinajstić information content (AvgIpc) is 2.96. The van der Waals surface area contributed by atoms with Crippen molar-refractivity contribution in [1.82, 2.24) is 0 Å². The molecule has 144 valence electrons. The third-order valence-corrected chi connectivity index (χ3v) is 5.06. The lowest BCUT2D eigenvalue weighted by Crippen LogP contribution is -3.10. The van der Waals surface area contributed by atoms with Crippen LogP contribution in [-0.4, -0.2) is 25.6 Å². The van der Waals surface area contributed by atoms with E-state index >= 15 is 0 Å². The molecule has 1 heterocycles. The maximum atomic E-state index is 8.89. The first kappa shape index (κ1) is 23.4. The van der Waals surface area contributed by atoms with Gasteiger partial charge in [-0.15, -0.1) is 0 Å². The molecule has 0 aliphatic carbocycles. The fourth-order valence-corrected chi connectivity index (χ4v) is 3.76. The van der Waals surface area contributed by atoms with E-state index in [0.29, 0.717) is 0 Å². The smallest absolute Gasteiger partial charge is 0.0801 e. The number of carboxylic acids is 1. The van der Waals surface area contributed by atoms with Crippen LogP contribution in [0.5, 0.6) is 0 Å². The lowest BCUT2D eigenvalue weighted by Gasteiger charge is -2.13. The molecule has 0 spiro atoms. The van der Waals surface area contributed by atoms with Crippen molar-refractivity contribution < 1.29 is 14.8 Å². The Labute approximate surface area is 151 Å². The molecule has 0 amide bonds. The number of nitrogens with one attached hydrogen (secondary N) is 1. The van der Waals surface area contributed by atoms with Gasteiger partial charge in [0.15, 0.2) is 0 Å². The summed E-state index contributed by atoms with van der Waals surface area (Å²) in [7, 11) is 0. The number of hydrogen-bond acceptors (Lipinski definition) is 2. The zero-order chi connectivity index (χ0) is 18.0. The van der Waals surface area contributed by atoms with Crippen molar-refractivity contribution in [3.63, 3.8) is 0 Å². The number of carbonyl (C=O) groups excluding carboxylic acids is 1. The Morgan fingerprint density at radius 1 is 0.917 bits per heavy atom. The van der Waals surface area contributed by atoms with Gasteiger partial charge in [0.2, 0.25) is 0 Å². The molecule has 1 aliphatic rings. The zero-order valence-corrected chi connectivity index (χ0v) is 16.7. The molecule has 0 radical (unpaired) electrons. The van der Waals surface area contributed by atoms with Crippen molar-refractivity contribution in [2.24, 2.45) is 5.92 Å². The number of carbonyl (C=O) groups is 1. The van der Waals surface area contributed by atoms with Gasteiger partial charge < -0.3 is 14.8 Å². The van der Waals surface area contributed by atoms with Crippen LogP contribution >= 0.6 is 0 Å². The molecule has 1 rings (SSSR count). The largest absolute Gasteiger partial charge is 0.550 e. The van der Waals surface area contributed by atoms with Gasteiger partial charge in [0.05, 0.1) is 19.6 Å². The molecular weight excluding hydrogens is 298 g/mol. The SMILES string of the molecule is CC(=O)[O-].CCCCCCCCCCCC[NH+]1CCC(CCC)C1. The molecule has 3 heteroatoms. The predicted octanol–water partition coefficient (Wildman–Crippen LogP) is 3.37. The van der Waals surface area contributed by atoms with Gasteiger partial charge in [-0.05, 0) is 26.2 Å². The third kappa shape index (κ3) is 16.3. The Hall–Kier alpha value is -0.570. The quantitative estimate of drug-likeness (QED) is 0.522. The van der Waals surface area contributed by atoms with Crippen molar-refractivity contribution >= 4 is 5.97 Å². The van der Waals surface area contributed by atoms with E-state index < -0.39 is 5.97 Å². The lowest BCUT2D eigenvalue weighted by molar-refractivity contribution is -0.889. The summed E-state index contributed by atoms with van der Waals surface area (Å²) in [6.45, 7) is 10.00. The predicted molar refractivity (Wildman–Crippen MR) is 101 cm³/mol. The second kappa shape index (κ2) is 17.3. The normalized spacial score (nSPS) is 19.8. The van der Waals surface area contributed by atoms with E-state index in [9.17, 15) is 0 Å². The van der Waals surface area contributed by atoms with E-state index in [1.165, 1.54) is 103 Å². The lowest BCUT2D eigenvalue weighted by atomic mass is 10.0. The molecule has 0 bridgehead atoms. The summed E-state index contributed by atoms with van der Waals surface area (Å²) in [5.74, 6) is -0.0295. The first-order valence-electron chi connectivity index (χ1n) is 10.6. The van der Waals surface area contributed by atoms with E-state index in [1.54, 1.807) is 0 Å². The van der Waals surface area contributed by atoms with Crippen LogP contribution in [0.4, 0.5) is 0 Å². The Morgan fingerprint density at radius 2 is 1.42 bits per heavy atom. The first-order valence-corrected chi connectivity index (χ1v) is 10.6. The number of unbranched alkanes of at least 4 members (excludes halogenated alkanes) is 9. The Morgan fingerprint density at radius 3 is 1.92 bits per heavy atom. The van der Waals surface area contributed by atoms with Crippen LogP contribution in [0, 0.1) is 5.92 Å². The van der Waals surface area contributed by atoms with Gasteiger partial charge in [-0.25, -0.2) is 0 Å². The fraction of sp³-hybridized carbons (Fsp3) is 0.952. The van der Waals surface area contributed by atoms with Crippen LogP contribution in [0.25, 0.3) is 0 Å². The van der Waals surface area contributed by atoms with Gasteiger partial charge in [-0.1, -0.05) is 71.6 Å². The highest BCUT2D eigenvalue weighted by molar-refractivity contribution is 5.60. The molecule has 1 saturated heterocycles. The van der Waals surface area contributed by atoms with Crippen molar-refractivity contribution in [3.05, 3.63) is 0 Å². The van der Waals surface area contributed by atoms with Crippen LogP contribution < -0.4 is 10.0 Å². The maximum absolute atomic E-state index is 8.89. The summed E-state index contributed by atoms with van der Waals surface area (Å²) < 4.78 is 0. The van der Waals surface area contributed by atoms with E-state index in [1.807, 2.05) is 4.90 Å². The second-order valence-corrected chi connectivity index (χ2v) is 7.57. The van der Waals surface area contributed by atoms with Gasteiger partial charge in [0.25, 0.3) is 0 Å². The van der Waals surface area contributed by atoms with Gasteiger partial charge >= 0.3 is 0 Å². The standard InChI is InChI=1S/C19H39N.C2H4O2/c1-3-5-6-7-8-9-10-11-12-13-16-20-17-15-19(18-20)14-4-2;1-2(3)4/h19H,3-18H2,1-2H3;1H3,(H,3,4). The molecule has 0 aromatic rings. The topological polar surface area (TPSA) is 44.6 Å². The van der Waals surface area contributed by atoms with E-state index in [2.05, 4.69) is 13.8 Å². The summed E-state index contributed by atoms with van der Waals surface area (Å²) in [4.78, 5) is 10.8. The number of likely N-dealkylation sites (tertiary alicyclic amines) is 1. The summed E-state index contributed by atoms with van der Waals surface area (Å²) in [5.41, 5.74) is 0. The highest BCUT2D eigenvalue weighted by Gasteiger charge is 2.24. The highest BCUT2D eigenvalue weighted by atomic mass is 16.4. The van der Waals surface area contributed by atoms with E-state index in [-0.39, 0.29) is 0 Å². The molecule has 2 atom stereocenters. The molecule has 1 aliphatic heterocycles. The molecule has 1 fully saturated rings. The van der Waals surface area contributed by atoms with Gasteiger partial charge in [0.1, 0.15) is 0 Å². The van der Waals surface area contributed by atoms with Crippen molar-refractivity contribution in [2.75, 3.05) is 19.6 Å². The van der Waals surface area contributed by atoms with Gasteiger partial charge in [-0.3, -0.25) is 0 Å². The van der Waals surface area contributed by atoms with Crippen LogP contribution in [-0.2, 0) is 4.79 Å². The number of hydrogen-bond donors (Lipinski definition) is 1. The Balaban J connectivity index is 0.00000118. The molecule has 24 heavy (non-hydrogen) atoms. The van der Waals surface area contributed by atoms with Gasteiger partial charge in [0, 0.05) is 18.3 Å². The number of quaternary nitrogens is 1. The molecule has 3 nitrogen and oxygen atoms in total. The fourth-order valence-electron chi connectivity index (χ4n) is 3.76. The minimum Gasteiger partial charge on any atom is -0.550 e. The zero-order valence-electron chi connectivity index (χ0n) is 16.7. The van der Waals surface area contributed by atoms with Crippen LogP contribution in [0.3, 0.4) is 0 Å². The Bertz CT molecular complexity index is 277. The average molecular weight is 342 g/mol. The summed E-state index contributed by atoms with van der Waals surface area (Å²) in [6, 6.07) is 0. The second-order valence-electron chi connectivity index (χ2n) is 7.57. The molecule has 2 unspecified atom stereocenters. The van der Waals surface area contributed by atoms with Crippen molar-refractivity contribution in [1.29, 1.82) is 0 Å². The molecule has 0 aromatic heterocycles. The van der Waals surface area contributed by atoms with E-state index in [4.69, 9.17) is 9.90 Å². The minimum atomic E-state index is -1.08. The first-order chi connectivity index (χ1) is 11.6. The number of rotatable bonds is 13. The number of aliphatic carboxylic acids is 1. The monoisotopic (exact) mass is 341 g/mol. The third-order valence-electron chi connectivity index (χ3n) is 5.06. The van der Waals surface area contributed by atoms with Crippen LogP contribution in [0.1, 0.15) is 104 Å². The van der Waals surface area contributed by atoms with Crippen molar-refractivity contribution in [3.8, 4) is 0 Å². The molecule has 0 saturated carbocycles. The van der Waals surface area contributed by atoms with Crippen LogP contribution in [0.2, 0.25) is 0 Å². The Kier molecular flexibility index (Phi) is 16.8. The highest BCUT2D eigenvalue weighted by Crippen LogP contribution is 2.12. The molecule has 1 N–H and O–H groups in total.